The maximum absolute atomic E-state index is 13.6. The smallest absolute Gasteiger partial charge is 0.416 e. The fourth-order valence-electron chi connectivity index (χ4n) is 4.77. The summed E-state index contributed by atoms with van der Waals surface area (Å²) in [5, 5.41) is 2.81. The predicted octanol–water partition coefficient (Wildman–Crippen LogP) is 6.12. The molecule has 0 spiro atoms. The van der Waals surface area contributed by atoms with E-state index >= 15 is 0 Å². The number of aryl methyl sites for hydroxylation is 1. The van der Waals surface area contributed by atoms with Crippen molar-refractivity contribution < 1.29 is 41.8 Å². The van der Waals surface area contributed by atoms with Gasteiger partial charge in [-0.1, -0.05) is 18.2 Å². The molecule has 2 amide bonds. The molecule has 0 bridgehead atoms. The summed E-state index contributed by atoms with van der Waals surface area (Å²) < 4.78 is 49.2. The summed E-state index contributed by atoms with van der Waals surface area (Å²) in [6, 6.07) is 12.3. The van der Waals surface area contributed by atoms with Crippen molar-refractivity contribution in [1.29, 1.82) is 0 Å². The van der Waals surface area contributed by atoms with Crippen molar-refractivity contribution in [3.8, 4) is 5.75 Å². The molecule has 1 N–H and O–H groups in total. The maximum atomic E-state index is 13.6. The minimum absolute atomic E-state index is 0.0645. The number of hydrogen-bond donors (Lipinski definition) is 1. The third-order valence-corrected chi connectivity index (χ3v) is 7.26. The van der Waals surface area contributed by atoms with E-state index < -0.39 is 29.6 Å². The van der Waals surface area contributed by atoms with E-state index in [1.54, 1.807) is 39.2 Å². The Hall–Kier alpha value is -5.33. The lowest BCUT2D eigenvalue weighted by molar-refractivity contribution is -0.137. The molecule has 2 heterocycles. The first-order chi connectivity index (χ1) is 22.3. The van der Waals surface area contributed by atoms with Gasteiger partial charge < -0.3 is 19.7 Å². The zero-order valence-corrected chi connectivity index (χ0v) is 26.2. The molecule has 0 unspecified atom stereocenters. The SMILES string of the molecule is COC(=O)c1ccc(OC(=O)CCCc2ccc(NC(=O)C3=C(c4ccc(C(F)(F)F)cc4)N=C(C)CC3)c(C(=O)N(C)C)c2)cn1. The number of nitrogens with zero attached hydrogens (tertiary/aromatic N) is 3. The number of esters is 2. The summed E-state index contributed by atoms with van der Waals surface area (Å²) in [6.07, 6.45) is -1.56. The van der Waals surface area contributed by atoms with E-state index in [4.69, 9.17) is 4.74 Å². The van der Waals surface area contributed by atoms with Crippen LogP contribution in [0.5, 0.6) is 5.75 Å². The van der Waals surface area contributed by atoms with Crippen molar-refractivity contribution in [2.45, 2.75) is 45.2 Å². The lowest BCUT2D eigenvalue weighted by atomic mass is 9.96. The summed E-state index contributed by atoms with van der Waals surface area (Å²) in [4.78, 5) is 60.3. The number of carbonyl (C=O) groups is 4. The van der Waals surface area contributed by atoms with Gasteiger partial charge in [-0.2, -0.15) is 13.2 Å². The van der Waals surface area contributed by atoms with E-state index in [-0.39, 0.29) is 46.3 Å². The third kappa shape index (κ3) is 8.90. The molecule has 1 aliphatic heterocycles. The van der Waals surface area contributed by atoms with Gasteiger partial charge in [0.2, 0.25) is 0 Å². The first-order valence-electron chi connectivity index (χ1n) is 14.6. The zero-order chi connectivity index (χ0) is 34.3. The van der Waals surface area contributed by atoms with Gasteiger partial charge in [0.05, 0.1) is 35.8 Å². The molecular weight excluding hydrogens is 617 g/mol. The summed E-state index contributed by atoms with van der Waals surface area (Å²) in [6.45, 7) is 1.78. The molecule has 2 aromatic carbocycles. The van der Waals surface area contributed by atoms with Crippen molar-refractivity contribution >= 4 is 40.8 Å². The Labute approximate surface area is 269 Å². The van der Waals surface area contributed by atoms with Crippen LogP contribution in [0.15, 0.2) is 71.4 Å². The highest BCUT2D eigenvalue weighted by Gasteiger charge is 2.30. The highest BCUT2D eigenvalue weighted by molar-refractivity contribution is 6.13. The summed E-state index contributed by atoms with van der Waals surface area (Å²) in [5.74, 6) is -1.82. The summed E-state index contributed by atoms with van der Waals surface area (Å²) in [7, 11) is 4.39. The summed E-state index contributed by atoms with van der Waals surface area (Å²) >= 11 is 0. The quantitative estimate of drug-likeness (QED) is 0.262. The molecule has 1 aliphatic rings. The van der Waals surface area contributed by atoms with Crippen LogP contribution in [0.2, 0.25) is 0 Å². The monoisotopic (exact) mass is 650 g/mol. The van der Waals surface area contributed by atoms with Gasteiger partial charge >= 0.3 is 18.1 Å². The van der Waals surface area contributed by atoms with E-state index in [1.165, 1.54) is 42.5 Å². The van der Waals surface area contributed by atoms with Crippen LogP contribution in [0.3, 0.4) is 0 Å². The molecule has 4 rings (SSSR count). The predicted molar refractivity (Wildman–Crippen MR) is 168 cm³/mol. The molecule has 0 radical (unpaired) electrons. The fourth-order valence-corrected chi connectivity index (χ4v) is 4.77. The van der Waals surface area contributed by atoms with Gasteiger partial charge in [-0.3, -0.25) is 19.4 Å². The molecule has 47 heavy (non-hydrogen) atoms. The molecule has 0 aliphatic carbocycles. The number of pyridine rings is 1. The number of anilines is 1. The molecule has 0 fully saturated rings. The second-order valence-electron chi connectivity index (χ2n) is 11.0. The molecule has 3 aromatic rings. The van der Waals surface area contributed by atoms with Crippen LogP contribution >= 0.6 is 0 Å². The molecule has 246 valence electrons. The second kappa shape index (κ2) is 14.8. The molecule has 10 nitrogen and oxygen atoms in total. The van der Waals surface area contributed by atoms with Gasteiger partial charge in [0, 0.05) is 37.4 Å². The molecule has 0 saturated carbocycles. The number of halogens is 3. The highest BCUT2D eigenvalue weighted by atomic mass is 19.4. The fraction of sp³-hybridized carbons (Fsp3) is 0.294. The molecule has 1 aromatic heterocycles. The van der Waals surface area contributed by atoms with Gasteiger partial charge in [0.15, 0.2) is 0 Å². The van der Waals surface area contributed by atoms with E-state index in [0.29, 0.717) is 31.2 Å². The van der Waals surface area contributed by atoms with Gasteiger partial charge in [-0.15, -0.1) is 0 Å². The number of aromatic nitrogens is 1. The Kier molecular flexibility index (Phi) is 10.9. The van der Waals surface area contributed by atoms with Crippen molar-refractivity contribution in [3.05, 3.63) is 94.3 Å². The first kappa shape index (κ1) is 34.5. The van der Waals surface area contributed by atoms with Crippen LogP contribution in [0.25, 0.3) is 5.70 Å². The Balaban J connectivity index is 1.48. The highest BCUT2D eigenvalue weighted by Crippen LogP contribution is 2.33. The van der Waals surface area contributed by atoms with Gasteiger partial charge in [0.25, 0.3) is 11.8 Å². The van der Waals surface area contributed by atoms with Crippen molar-refractivity contribution in [1.82, 2.24) is 9.88 Å². The van der Waals surface area contributed by atoms with E-state index in [2.05, 4.69) is 20.0 Å². The Morgan fingerprint density at radius 2 is 1.70 bits per heavy atom. The second-order valence-corrected chi connectivity index (χ2v) is 11.0. The average molecular weight is 651 g/mol. The Morgan fingerprint density at radius 1 is 0.979 bits per heavy atom. The zero-order valence-electron chi connectivity index (χ0n) is 26.2. The molecule has 0 saturated heterocycles. The number of benzene rings is 2. The topological polar surface area (TPSA) is 127 Å². The van der Waals surface area contributed by atoms with E-state index in [0.717, 1.165) is 23.4 Å². The maximum Gasteiger partial charge on any atom is 0.416 e. The number of carbonyl (C=O) groups excluding carboxylic acids is 4. The first-order valence-corrected chi connectivity index (χ1v) is 14.6. The van der Waals surface area contributed by atoms with E-state index in [1.807, 2.05) is 0 Å². The van der Waals surface area contributed by atoms with Gasteiger partial charge in [0.1, 0.15) is 11.4 Å². The van der Waals surface area contributed by atoms with Crippen LogP contribution in [-0.4, -0.2) is 60.6 Å². The van der Waals surface area contributed by atoms with Crippen molar-refractivity contribution in [3.63, 3.8) is 0 Å². The van der Waals surface area contributed by atoms with Gasteiger partial charge in [-0.25, -0.2) is 9.78 Å². The van der Waals surface area contributed by atoms with Crippen LogP contribution in [-0.2, 0) is 26.9 Å². The van der Waals surface area contributed by atoms with Crippen molar-refractivity contribution in [2.75, 3.05) is 26.5 Å². The van der Waals surface area contributed by atoms with Crippen LogP contribution in [0.4, 0.5) is 18.9 Å². The number of rotatable bonds is 10. The van der Waals surface area contributed by atoms with Crippen LogP contribution in [0, 0.1) is 0 Å². The van der Waals surface area contributed by atoms with Gasteiger partial charge in [-0.05, 0) is 74.6 Å². The number of aliphatic imine (C=N–C) groups is 1. The standard InChI is InChI=1S/C34H33F3N4O6/c1-20-8-15-25(30(39-20)22-10-12-23(13-11-22)34(35,36)37)31(43)40-27-16-9-21(18-26(27)32(44)41(2)3)6-5-7-29(42)47-24-14-17-28(38-19-24)33(45)46-4/h9-14,16-19H,5-8,15H2,1-4H3,(H,40,43). The Morgan fingerprint density at radius 3 is 2.32 bits per heavy atom. The number of methoxy groups -OCH3 is 1. The lowest BCUT2D eigenvalue weighted by Crippen LogP contribution is -2.25. The summed E-state index contributed by atoms with van der Waals surface area (Å²) in [5.41, 5.74) is 2.17. The molecular formula is C34H33F3N4O6. The number of hydrogen-bond acceptors (Lipinski definition) is 8. The Bertz CT molecular complexity index is 1730. The van der Waals surface area contributed by atoms with Crippen LogP contribution < -0.4 is 10.1 Å². The molecule has 13 heteroatoms. The largest absolute Gasteiger partial charge is 0.464 e. The van der Waals surface area contributed by atoms with E-state index in [9.17, 15) is 32.3 Å². The molecule has 0 atom stereocenters. The normalized spacial score (nSPS) is 13.0. The number of nitrogens with one attached hydrogen (secondary N) is 1. The van der Waals surface area contributed by atoms with Crippen molar-refractivity contribution in [2.24, 2.45) is 4.99 Å². The number of alkyl halides is 3. The minimum atomic E-state index is -4.50. The number of ether oxygens (including phenoxy) is 2. The number of amides is 2. The third-order valence-electron chi connectivity index (χ3n) is 7.26. The lowest BCUT2D eigenvalue weighted by Gasteiger charge is -2.20. The average Bonchev–Trinajstić information content (AvgIpc) is 3.04. The van der Waals surface area contributed by atoms with Crippen LogP contribution in [0.1, 0.15) is 70.1 Å². The minimum Gasteiger partial charge on any atom is -0.464 e.